The van der Waals surface area contributed by atoms with Crippen LogP contribution in [0.25, 0.3) is 0 Å². The van der Waals surface area contributed by atoms with Crippen molar-refractivity contribution in [1.29, 1.82) is 0 Å². The first-order valence-corrected chi connectivity index (χ1v) is 11.3. The Hall–Kier alpha value is -3.46. The van der Waals surface area contributed by atoms with Crippen LogP contribution in [0.15, 0.2) is 78.9 Å². The molecule has 1 aliphatic heterocycles. The third kappa shape index (κ3) is 5.20. The summed E-state index contributed by atoms with van der Waals surface area (Å²) in [6, 6.07) is 20.6. The van der Waals surface area contributed by atoms with Gasteiger partial charge in [0.1, 0.15) is 6.04 Å². The first kappa shape index (κ1) is 23.7. The molecule has 7 nitrogen and oxygen atoms in total. The molecule has 3 amide bonds. The predicted molar refractivity (Wildman–Crippen MR) is 136 cm³/mol. The molecule has 0 spiro atoms. The summed E-state index contributed by atoms with van der Waals surface area (Å²) in [7, 11) is 0. The molecule has 1 atom stereocenters. The van der Waals surface area contributed by atoms with Gasteiger partial charge in [0.25, 0.3) is 11.8 Å². The molecule has 0 bridgehead atoms. The molecule has 1 aliphatic rings. The molecule has 10 heteroatoms. The number of carbonyl (C=O) groups excluding carboxylic acids is 3. The molecule has 34 heavy (non-hydrogen) atoms. The van der Waals surface area contributed by atoms with Crippen molar-refractivity contribution >= 4 is 69.6 Å². The highest BCUT2D eigenvalue weighted by molar-refractivity contribution is 7.80. The van der Waals surface area contributed by atoms with Crippen LogP contribution >= 0.6 is 35.4 Å². The van der Waals surface area contributed by atoms with E-state index in [2.05, 4.69) is 10.7 Å². The average Bonchev–Trinajstić information content (AvgIpc) is 3.04. The molecule has 1 heterocycles. The van der Waals surface area contributed by atoms with Crippen molar-refractivity contribution in [1.82, 2.24) is 10.4 Å². The van der Waals surface area contributed by atoms with E-state index in [9.17, 15) is 14.4 Å². The number of nitrogens with one attached hydrogen (secondary N) is 2. The monoisotopic (exact) mass is 512 g/mol. The molecular formula is C24H18Cl2N4O3S. The van der Waals surface area contributed by atoms with Gasteiger partial charge in [0.2, 0.25) is 11.0 Å². The third-order valence-corrected chi connectivity index (χ3v) is 5.91. The highest BCUT2D eigenvalue weighted by Crippen LogP contribution is 2.26. The molecule has 0 aromatic heterocycles. The number of halogens is 2. The van der Waals surface area contributed by atoms with E-state index in [-0.39, 0.29) is 11.5 Å². The number of nitrogens with zero attached hydrogens (tertiary/aromatic N) is 2. The van der Waals surface area contributed by atoms with Crippen LogP contribution in [0, 0.1) is 0 Å². The summed E-state index contributed by atoms with van der Waals surface area (Å²) in [5, 5.41) is 4.97. The van der Waals surface area contributed by atoms with Crippen molar-refractivity contribution in [2.75, 3.05) is 10.2 Å². The number of rotatable bonds is 6. The number of amides is 3. The van der Waals surface area contributed by atoms with E-state index in [0.717, 1.165) is 0 Å². The van der Waals surface area contributed by atoms with E-state index in [0.29, 0.717) is 27.0 Å². The maximum Gasteiger partial charge on any atom is 0.269 e. The zero-order valence-corrected chi connectivity index (χ0v) is 19.9. The quantitative estimate of drug-likeness (QED) is 0.469. The molecule has 1 fully saturated rings. The van der Waals surface area contributed by atoms with E-state index in [1.807, 2.05) is 6.07 Å². The number of thiocarbonyl (C=S) groups is 1. The number of anilines is 2. The smallest absolute Gasteiger partial charge is 0.269 e. The Morgan fingerprint density at radius 1 is 0.912 bits per heavy atom. The molecule has 1 unspecified atom stereocenters. The molecule has 4 rings (SSSR count). The fraction of sp³-hybridized carbons (Fsp3) is 0.0833. The van der Waals surface area contributed by atoms with Gasteiger partial charge in [-0.15, -0.1) is 0 Å². The van der Waals surface area contributed by atoms with Gasteiger partial charge in [-0.1, -0.05) is 47.5 Å². The van der Waals surface area contributed by atoms with E-state index in [4.69, 9.17) is 35.4 Å². The first-order valence-electron chi connectivity index (χ1n) is 10.2. The zero-order valence-electron chi connectivity index (χ0n) is 17.6. The Bertz CT molecular complexity index is 1250. The van der Waals surface area contributed by atoms with Crippen molar-refractivity contribution in [3.63, 3.8) is 0 Å². The van der Waals surface area contributed by atoms with Crippen LogP contribution in [-0.2, 0) is 9.59 Å². The minimum atomic E-state index is -1.05. The number of carbonyl (C=O) groups is 3. The van der Waals surface area contributed by atoms with Gasteiger partial charge < -0.3 is 5.32 Å². The Balaban J connectivity index is 1.59. The second-order valence-electron chi connectivity index (χ2n) is 7.39. The van der Waals surface area contributed by atoms with E-state index in [1.165, 1.54) is 9.91 Å². The van der Waals surface area contributed by atoms with Gasteiger partial charge in [0, 0.05) is 21.3 Å². The largest absolute Gasteiger partial charge is 0.326 e. The molecule has 3 aromatic carbocycles. The zero-order chi connectivity index (χ0) is 24.2. The summed E-state index contributed by atoms with van der Waals surface area (Å²) in [5.74, 6) is -1.38. The van der Waals surface area contributed by atoms with Crippen molar-refractivity contribution in [3.8, 4) is 0 Å². The highest BCUT2D eigenvalue weighted by Gasteiger charge is 2.45. The summed E-state index contributed by atoms with van der Waals surface area (Å²) in [6.45, 7) is 0. The Morgan fingerprint density at radius 3 is 2.29 bits per heavy atom. The molecule has 172 valence electrons. The fourth-order valence-electron chi connectivity index (χ4n) is 3.44. The number of hydrazine groups is 1. The predicted octanol–water partition coefficient (Wildman–Crippen LogP) is 4.67. The van der Waals surface area contributed by atoms with Crippen LogP contribution in [0.2, 0.25) is 10.0 Å². The molecule has 0 radical (unpaired) electrons. The maximum atomic E-state index is 13.4. The normalized spacial score (nSPS) is 15.4. The van der Waals surface area contributed by atoms with Crippen LogP contribution < -0.4 is 15.6 Å². The number of benzene rings is 3. The van der Waals surface area contributed by atoms with Gasteiger partial charge in [-0.3, -0.25) is 24.7 Å². The number of hydrogen-bond acceptors (Lipinski definition) is 4. The van der Waals surface area contributed by atoms with E-state index >= 15 is 0 Å². The van der Waals surface area contributed by atoms with Gasteiger partial charge in [0.15, 0.2) is 0 Å². The minimum Gasteiger partial charge on any atom is -0.326 e. The van der Waals surface area contributed by atoms with Crippen molar-refractivity contribution in [2.24, 2.45) is 0 Å². The Labute approximate surface area is 211 Å². The van der Waals surface area contributed by atoms with Gasteiger partial charge >= 0.3 is 0 Å². The lowest BCUT2D eigenvalue weighted by atomic mass is 10.1. The molecule has 2 N–H and O–H groups in total. The van der Waals surface area contributed by atoms with Crippen LogP contribution in [0.3, 0.4) is 0 Å². The summed E-state index contributed by atoms with van der Waals surface area (Å²) in [6.07, 6.45) is -0.254. The highest BCUT2D eigenvalue weighted by atomic mass is 35.5. The SMILES string of the molecule is O=C(CC1C(=O)N(c2ccccc2)C(=S)N1NC(=O)c1ccc(Cl)cc1)Nc1cccc(Cl)c1. The van der Waals surface area contributed by atoms with Gasteiger partial charge in [0.05, 0.1) is 12.1 Å². The van der Waals surface area contributed by atoms with Crippen molar-refractivity contribution < 1.29 is 14.4 Å². The van der Waals surface area contributed by atoms with E-state index < -0.39 is 23.8 Å². The minimum absolute atomic E-state index is 0.0547. The first-order chi connectivity index (χ1) is 16.3. The molecule has 0 aliphatic carbocycles. The average molecular weight is 513 g/mol. The molecular weight excluding hydrogens is 495 g/mol. The van der Waals surface area contributed by atoms with Gasteiger partial charge in [-0.05, 0) is 66.8 Å². The van der Waals surface area contributed by atoms with Gasteiger partial charge in [-0.2, -0.15) is 0 Å². The number of hydrogen-bond donors (Lipinski definition) is 2. The third-order valence-electron chi connectivity index (χ3n) is 5.04. The molecule has 3 aromatic rings. The van der Waals surface area contributed by atoms with Crippen molar-refractivity contribution in [2.45, 2.75) is 12.5 Å². The Morgan fingerprint density at radius 2 is 1.62 bits per heavy atom. The summed E-state index contributed by atoms with van der Waals surface area (Å²) >= 11 is 17.4. The number of para-hydroxylation sites is 1. The van der Waals surface area contributed by atoms with Crippen LogP contribution in [0.5, 0.6) is 0 Å². The molecule has 1 saturated heterocycles. The molecule has 0 saturated carbocycles. The van der Waals surface area contributed by atoms with Crippen LogP contribution in [-0.4, -0.2) is 33.9 Å². The summed E-state index contributed by atoms with van der Waals surface area (Å²) < 4.78 is 0. The summed E-state index contributed by atoms with van der Waals surface area (Å²) in [4.78, 5) is 40.3. The summed E-state index contributed by atoms with van der Waals surface area (Å²) in [5.41, 5.74) is 4.01. The Kier molecular flexibility index (Phi) is 7.12. The van der Waals surface area contributed by atoms with E-state index in [1.54, 1.807) is 72.8 Å². The van der Waals surface area contributed by atoms with Gasteiger partial charge in [-0.25, -0.2) is 5.01 Å². The van der Waals surface area contributed by atoms with Crippen molar-refractivity contribution in [3.05, 3.63) is 94.5 Å². The lowest BCUT2D eigenvalue weighted by molar-refractivity contribution is -0.124. The standard InChI is InChI=1S/C24H18Cl2N4O3S/c25-16-11-9-15(10-12-16)22(32)28-30-20(14-21(31)27-18-6-4-5-17(26)13-18)23(33)29(24(30)34)19-7-2-1-3-8-19/h1-13,20H,14H2,(H,27,31)(H,28,32). The topological polar surface area (TPSA) is 81.8 Å². The lowest BCUT2D eigenvalue weighted by Gasteiger charge is -2.24. The van der Waals surface area contributed by atoms with Crippen LogP contribution in [0.4, 0.5) is 11.4 Å². The fourth-order valence-corrected chi connectivity index (χ4v) is 4.13. The second-order valence-corrected chi connectivity index (χ2v) is 8.63. The van der Waals surface area contributed by atoms with Crippen LogP contribution in [0.1, 0.15) is 16.8 Å². The second kappa shape index (κ2) is 10.2. The lowest BCUT2D eigenvalue weighted by Crippen LogP contribution is -2.49. The maximum absolute atomic E-state index is 13.4.